The molecule has 0 unspecified atom stereocenters. The Labute approximate surface area is 31.0 Å². The first-order valence-corrected chi connectivity index (χ1v) is 1.29. The van der Waals surface area contributed by atoms with Gasteiger partial charge in [-0.25, -0.2) is 0 Å². The standard InChI is InChI=1S/C4H4F/c1-2-3-4-5/h1-2H2. The molecule has 0 fully saturated rings. The van der Waals surface area contributed by atoms with E-state index in [-0.39, 0.29) is 0 Å². The van der Waals surface area contributed by atoms with E-state index in [2.05, 4.69) is 12.8 Å². The summed E-state index contributed by atoms with van der Waals surface area (Å²) in [5.74, 6) is 2.08. The van der Waals surface area contributed by atoms with Crippen molar-refractivity contribution in [2.45, 2.75) is 6.42 Å². The van der Waals surface area contributed by atoms with Gasteiger partial charge in [0.05, 0.1) is 0 Å². The molecule has 27 valence electrons. The lowest BCUT2D eigenvalue weighted by molar-refractivity contribution is 0.772. The molecule has 0 aromatic rings. The lowest BCUT2D eigenvalue weighted by atomic mass is 10.5. The quantitative estimate of drug-likeness (QED) is 0.376. The fourth-order valence-electron chi connectivity index (χ4n) is 0.0472. The van der Waals surface area contributed by atoms with Crippen LogP contribution in [-0.4, -0.2) is 0 Å². The third-order valence-corrected chi connectivity index (χ3v) is 0.192. The predicted molar refractivity (Wildman–Crippen MR) is 18.9 cm³/mol. The Morgan fingerprint density at radius 3 is 2.40 bits per heavy atom. The highest BCUT2D eigenvalue weighted by atomic mass is 19.1. The third-order valence-electron chi connectivity index (χ3n) is 0.192. The van der Waals surface area contributed by atoms with E-state index in [0.29, 0.717) is 6.42 Å². The molecule has 0 aromatic heterocycles. The zero-order chi connectivity index (χ0) is 4.12. The second-order valence-corrected chi connectivity index (χ2v) is 0.521. The van der Waals surface area contributed by atoms with Gasteiger partial charge in [-0.3, -0.25) is 0 Å². The maximum absolute atomic E-state index is 10.6. The molecule has 0 saturated carbocycles. The van der Waals surface area contributed by atoms with Crippen molar-refractivity contribution in [3.05, 3.63) is 6.92 Å². The van der Waals surface area contributed by atoms with Gasteiger partial charge in [0.15, 0.2) is 0 Å². The van der Waals surface area contributed by atoms with Crippen molar-refractivity contribution in [2.75, 3.05) is 0 Å². The molecule has 0 atom stereocenters. The highest BCUT2D eigenvalue weighted by Crippen LogP contribution is 1.63. The summed E-state index contributed by atoms with van der Waals surface area (Å²) >= 11 is 0. The number of rotatable bonds is 0. The van der Waals surface area contributed by atoms with Crippen molar-refractivity contribution in [3.63, 3.8) is 0 Å². The summed E-state index contributed by atoms with van der Waals surface area (Å²) in [5, 5.41) is 0. The summed E-state index contributed by atoms with van der Waals surface area (Å²) in [7, 11) is 0. The van der Waals surface area contributed by atoms with Crippen LogP contribution in [0.25, 0.3) is 0 Å². The average molecular weight is 71.1 g/mol. The van der Waals surface area contributed by atoms with Gasteiger partial charge >= 0.3 is 0 Å². The van der Waals surface area contributed by atoms with Gasteiger partial charge in [0.25, 0.3) is 0 Å². The van der Waals surface area contributed by atoms with E-state index in [1.807, 2.05) is 0 Å². The number of hydrogen-bond donors (Lipinski definition) is 0. The normalized spacial score (nSPS) is 5.20. The molecular formula is C4H4F. The van der Waals surface area contributed by atoms with Crippen LogP contribution in [0.4, 0.5) is 4.39 Å². The van der Waals surface area contributed by atoms with Crippen LogP contribution in [0, 0.1) is 19.0 Å². The van der Waals surface area contributed by atoms with Crippen LogP contribution in [0.15, 0.2) is 0 Å². The highest BCUT2D eigenvalue weighted by Gasteiger charge is 1.51. The van der Waals surface area contributed by atoms with E-state index in [1.54, 1.807) is 0 Å². The SMILES string of the molecule is [CH2]CC#CF. The molecule has 0 saturated heterocycles. The number of hydrogen-bond acceptors (Lipinski definition) is 0. The molecule has 0 aliphatic carbocycles. The molecular weight excluding hydrogens is 67.0 g/mol. The smallest absolute Gasteiger partial charge is 0.105 e. The topological polar surface area (TPSA) is 0 Å². The van der Waals surface area contributed by atoms with Crippen LogP contribution in [0.2, 0.25) is 0 Å². The second-order valence-electron chi connectivity index (χ2n) is 0.521. The highest BCUT2D eigenvalue weighted by molar-refractivity contribution is 4.90. The van der Waals surface area contributed by atoms with E-state index in [1.165, 1.54) is 6.17 Å². The molecule has 0 amide bonds. The zero-order valence-electron chi connectivity index (χ0n) is 2.79. The first kappa shape index (κ1) is 4.49. The van der Waals surface area contributed by atoms with E-state index >= 15 is 0 Å². The Morgan fingerprint density at radius 1 is 1.80 bits per heavy atom. The van der Waals surface area contributed by atoms with Crippen molar-refractivity contribution in [1.82, 2.24) is 0 Å². The third kappa shape index (κ3) is 3.49. The molecule has 0 rings (SSSR count). The van der Waals surface area contributed by atoms with Gasteiger partial charge in [-0.15, -0.1) is 4.39 Å². The number of halogens is 1. The fourth-order valence-corrected chi connectivity index (χ4v) is 0.0472. The summed E-state index contributed by atoms with van der Waals surface area (Å²) < 4.78 is 10.6. The van der Waals surface area contributed by atoms with Crippen LogP contribution < -0.4 is 0 Å². The first-order valence-electron chi connectivity index (χ1n) is 1.29. The minimum atomic E-state index is 0.358. The Bertz CT molecular complexity index is 55.8. The molecule has 0 aliphatic heterocycles. The van der Waals surface area contributed by atoms with E-state index in [0.717, 1.165) is 0 Å². The van der Waals surface area contributed by atoms with Crippen molar-refractivity contribution in [1.29, 1.82) is 0 Å². The summed E-state index contributed by atoms with van der Waals surface area (Å²) in [6.07, 6.45) is 1.56. The van der Waals surface area contributed by atoms with Crippen LogP contribution in [0.5, 0.6) is 0 Å². The first-order chi connectivity index (χ1) is 2.41. The lowest BCUT2D eigenvalue weighted by Gasteiger charge is -1.54. The second kappa shape index (κ2) is 3.49. The van der Waals surface area contributed by atoms with Crippen LogP contribution >= 0.6 is 0 Å². The molecule has 0 aliphatic rings. The fraction of sp³-hybridized carbons (Fsp3) is 0.250. The zero-order valence-corrected chi connectivity index (χ0v) is 2.79. The van der Waals surface area contributed by atoms with Crippen LogP contribution in [0.1, 0.15) is 6.42 Å². The van der Waals surface area contributed by atoms with Gasteiger partial charge in [0.1, 0.15) is 6.17 Å². The van der Waals surface area contributed by atoms with Gasteiger partial charge in [0, 0.05) is 6.42 Å². The van der Waals surface area contributed by atoms with E-state index < -0.39 is 0 Å². The molecule has 0 nitrogen and oxygen atoms in total. The van der Waals surface area contributed by atoms with Crippen molar-refractivity contribution >= 4 is 0 Å². The van der Waals surface area contributed by atoms with Crippen molar-refractivity contribution in [2.24, 2.45) is 0 Å². The molecule has 1 radical (unpaired) electrons. The Morgan fingerprint density at radius 2 is 2.40 bits per heavy atom. The van der Waals surface area contributed by atoms with Crippen LogP contribution in [0.3, 0.4) is 0 Å². The predicted octanol–water partition coefficient (Wildman–Crippen LogP) is 1.14. The molecule has 5 heavy (non-hydrogen) atoms. The Balaban J connectivity index is 2.81. The molecule has 0 N–H and O–H groups in total. The van der Waals surface area contributed by atoms with E-state index in [4.69, 9.17) is 0 Å². The Kier molecular flexibility index (Phi) is 3.13. The van der Waals surface area contributed by atoms with Crippen molar-refractivity contribution in [3.8, 4) is 12.1 Å². The maximum atomic E-state index is 10.6. The van der Waals surface area contributed by atoms with E-state index in [9.17, 15) is 4.39 Å². The monoisotopic (exact) mass is 71.0 g/mol. The summed E-state index contributed by atoms with van der Waals surface area (Å²) in [6, 6.07) is 0. The van der Waals surface area contributed by atoms with Gasteiger partial charge in [-0.05, 0) is 6.92 Å². The maximum Gasteiger partial charge on any atom is 0.105 e. The molecule has 1 heteroatoms. The van der Waals surface area contributed by atoms with Crippen molar-refractivity contribution < 1.29 is 4.39 Å². The van der Waals surface area contributed by atoms with Gasteiger partial charge in [-0.1, -0.05) is 5.92 Å². The lowest BCUT2D eigenvalue weighted by Crippen LogP contribution is -1.44. The average Bonchev–Trinajstić information content (AvgIpc) is 1.41. The largest absolute Gasteiger partial charge is 0.144 e. The van der Waals surface area contributed by atoms with Crippen LogP contribution in [-0.2, 0) is 0 Å². The van der Waals surface area contributed by atoms with Gasteiger partial charge in [0.2, 0.25) is 0 Å². The molecule has 0 heterocycles. The van der Waals surface area contributed by atoms with Gasteiger partial charge < -0.3 is 0 Å². The summed E-state index contributed by atoms with van der Waals surface area (Å²) in [6.45, 7) is 3.26. The molecule has 0 bridgehead atoms. The summed E-state index contributed by atoms with van der Waals surface area (Å²) in [4.78, 5) is 0. The molecule has 0 aromatic carbocycles. The van der Waals surface area contributed by atoms with Gasteiger partial charge in [-0.2, -0.15) is 0 Å². The Hall–Kier alpha value is -0.510. The molecule has 0 spiro atoms. The minimum absolute atomic E-state index is 0.358. The summed E-state index contributed by atoms with van der Waals surface area (Å²) in [5.41, 5.74) is 0. The minimum Gasteiger partial charge on any atom is -0.144 e.